The van der Waals surface area contributed by atoms with Crippen LogP contribution in [0, 0.1) is 17.8 Å². The number of piperidine rings is 1. The van der Waals surface area contributed by atoms with Gasteiger partial charge in [-0.25, -0.2) is 13.6 Å². The lowest BCUT2D eigenvalue weighted by Crippen LogP contribution is -2.57. The zero-order valence-electron chi connectivity index (χ0n) is 23.4. The lowest BCUT2D eigenvalue weighted by molar-refractivity contribution is -0.202. The van der Waals surface area contributed by atoms with Gasteiger partial charge < -0.3 is 14.7 Å². The van der Waals surface area contributed by atoms with E-state index in [0.29, 0.717) is 12.1 Å². The monoisotopic (exact) mass is 519 g/mol. The van der Waals surface area contributed by atoms with E-state index in [0.717, 1.165) is 49.1 Å². The van der Waals surface area contributed by atoms with Gasteiger partial charge in [0.25, 0.3) is 5.92 Å². The second kappa shape index (κ2) is 10.8. The molecule has 8 heteroatoms. The van der Waals surface area contributed by atoms with Crippen LogP contribution in [0.4, 0.5) is 14.5 Å². The van der Waals surface area contributed by atoms with Gasteiger partial charge in [-0.1, -0.05) is 33.3 Å². The number of carbonyl (C=O) groups is 1. The predicted molar refractivity (Wildman–Crippen MR) is 144 cm³/mol. The number of aryl methyl sites for hydroxylation is 1. The van der Waals surface area contributed by atoms with E-state index in [2.05, 4.69) is 28.7 Å². The number of hydrogen-bond donors (Lipinski definition) is 1. The summed E-state index contributed by atoms with van der Waals surface area (Å²) in [5.74, 6) is -4.74. The number of nitrogens with zero attached hydrogens (tertiary/aromatic N) is 3. The number of aliphatic imine (C=N–C) groups is 1. The third kappa shape index (κ3) is 6.57. The summed E-state index contributed by atoms with van der Waals surface area (Å²) in [7, 11) is 0. The van der Waals surface area contributed by atoms with Crippen molar-refractivity contribution < 1.29 is 23.4 Å². The van der Waals surface area contributed by atoms with Gasteiger partial charge in [0.05, 0.1) is 11.3 Å². The molecule has 0 aliphatic carbocycles. The number of anilines is 1. The van der Waals surface area contributed by atoms with Crippen molar-refractivity contribution in [3.05, 3.63) is 29.6 Å². The molecule has 37 heavy (non-hydrogen) atoms. The SMILES string of the molecule is CCCCC(F)(F)C1(C(OC(C)(C)C)C(=O)O)C=NC(c2cnc(C)cc2N2CCC(C)(C)CC2)=CC1. The zero-order chi connectivity index (χ0) is 27.6. The Morgan fingerprint density at radius 1 is 1.24 bits per heavy atom. The Hall–Kier alpha value is -2.35. The quantitative estimate of drug-likeness (QED) is 0.384. The molecule has 0 amide bonds. The van der Waals surface area contributed by atoms with E-state index in [1.54, 1.807) is 33.0 Å². The Morgan fingerprint density at radius 2 is 1.89 bits per heavy atom. The summed E-state index contributed by atoms with van der Waals surface area (Å²) >= 11 is 0. The van der Waals surface area contributed by atoms with Crippen LogP contribution < -0.4 is 4.90 Å². The fraction of sp³-hybridized carbons (Fsp3) is 0.690. The number of hydrogen-bond acceptors (Lipinski definition) is 5. The standard InChI is InChI=1S/C29H43F2N3O3/c1-8-9-11-29(30,31)28(24(25(35)36)37-26(3,4)5)12-10-22(33-19-28)21-18-32-20(2)17-23(21)34-15-13-27(6,7)14-16-34/h10,17-19,24H,8-9,11-16H2,1-7H3,(H,35,36). The first-order chi connectivity index (χ1) is 17.1. The second-order valence-corrected chi connectivity index (χ2v) is 12.3. The Balaban J connectivity index is 2.02. The Labute approximate surface area is 220 Å². The summed E-state index contributed by atoms with van der Waals surface area (Å²) in [6.07, 6.45) is 5.12. The summed E-state index contributed by atoms with van der Waals surface area (Å²) in [4.78, 5) is 23.6. The third-order valence-electron chi connectivity index (χ3n) is 7.51. The number of ether oxygens (including phenoxy) is 1. The molecule has 0 saturated carbocycles. The number of halogens is 2. The minimum Gasteiger partial charge on any atom is -0.479 e. The average molecular weight is 520 g/mol. The van der Waals surface area contributed by atoms with E-state index in [1.807, 2.05) is 19.9 Å². The molecule has 6 nitrogen and oxygen atoms in total. The van der Waals surface area contributed by atoms with Gasteiger partial charge in [-0.05, 0) is 64.9 Å². The van der Waals surface area contributed by atoms with Crippen LogP contribution in [0.2, 0.25) is 0 Å². The molecule has 1 N–H and O–H groups in total. The maximum atomic E-state index is 15.9. The van der Waals surface area contributed by atoms with Crippen LogP contribution >= 0.6 is 0 Å². The largest absolute Gasteiger partial charge is 0.479 e. The molecule has 1 saturated heterocycles. The second-order valence-electron chi connectivity index (χ2n) is 12.3. The molecule has 2 unspecified atom stereocenters. The molecule has 206 valence electrons. The first-order valence-corrected chi connectivity index (χ1v) is 13.4. The predicted octanol–water partition coefficient (Wildman–Crippen LogP) is 6.91. The highest BCUT2D eigenvalue weighted by Gasteiger charge is 2.60. The van der Waals surface area contributed by atoms with E-state index < -0.39 is 35.4 Å². The molecule has 2 aliphatic heterocycles. The molecule has 3 rings (SSSR count). The van der Waals surface area contributed by atoms with Crippen LogP contribution in [-0.4, -0.2) is 53.0 Å². The van der Waals surface area contributed by atoms with Crippen LogP contribution in [0.5, 0.6) is 0 Å². The van der Waals surface area contributed by atoms with Crippen molar-refractivity contribution in [3.63, 3.8) is 0 Å². The smallest absolute Gasteiger partial charge is 0.334 e. The molecule has 0 radical (unpaired) electrons. The number of unbranched alkanes of at least 4 members (excludes halogenated alkanes) is 1. The molecule has 0 aromatic carbocycles. The summed E-state index contributed by atoms with van der Waals surface area (Å²) < 4.78 is 37.5. The Bertz CT molecular complexity index is 1040. The summed E-state index contributed by atoms with van der Waals surface area (Å²) in [5, 5.41) is 10.1. The van der Waals surface area contributed by atoms with Gasteiger partial charge in [0.15, 0.2) is 6.10 Å². The first-order valence-electron chi connectivity index (χ1n) is 13.4. The summed E-state index contributed by atoms with van der Waals surface area (Å²) in [6, 6.07) is 2.02. The minimum atomic E-state index is -3.32. The first kappa shape index (κ1) is 29.2. The number of aromatic nitrogens is 1. The Morgan fingerprint density at radius 3 is 2.41 bits per heavy atom. The third-order valence-corrected chi connectivity index (χ3v) is 7.51. The molecule has 2 aliphatic rings. The highest BCUT2D eigenvalue weighted by Crippen LogP contribution is 2.50. The molecular formula is C29H43F2N3O3. The number of allylic oxidation sites excluding steroid dienone is 1. The van der Waals surface area contributed by atoms with E-state index >= 15 is 8.78 Å². The van der Waals surface area contributed by atoms with Crippen molar-refractivity contribution in [1.29, 1.82) is 0 Å². The van der Waals surface area contributed by atoms with Crippen molar-refractivity contribution in [2.75, 3.05) is 18.0 Å². The van der Waals surface area contributed by atoms with E-state index in [-0.39, 0.29) is 18.3 Å². The molecular weight excluding hydrogens is 476 g/mol. The fourth-order valence-corrected chi connectivity index (χ4v) is 5.06. The number of aliphatic carboxylic acids is 1. The van der Waals surface area contributed by atoms with Crippen molar-refractivity contribution in [3.8, 4) is 0 Å². The number of pyridine rings is 1. The van der Waals surface area contributed by atoms with Gasteiger partial charge in [0.1, 0.15) is 5.41 Å². The molecule has 3 heterocycles. The highest BCUT2D eigenvalue weighted by molar-refractivity contribution is 5.89. The normalized spacial score (nSPS) is 23.1. The van der Waals surface area contributed by atoms with Gasteiger partial charge in [-0.3, -0.25) is 9.98 Å². The number of alkyl halides is 2. The summed E-state index contributed by atoms with van der Waals surface area (Å²) in [6.45, 7) is 15.1. The maximum Gasteiger partial charge on any atom is 0.334 e. The number of carboxylic acid groups (broad SMARTS) is 1. The van der Waals surface area contributed by atoms with Crippen LogP contribution in [0.25, 0.3) is 5.70 Å². The fourth-order valence-electron chi connectivity index (χ4n) is 5.06. The maximum absolute atomic E-state index is 15.9. The molecule has 0 spiro atoms. The van der Waals surface area contributed by atoms with Gasteiger partial charge in [0, 0.05) is 48.9 Å². The van der Waals surface area contributed by atoms with Crippen molar-refractivity contribution in [1.82, 2.24) is 4.98 Å². The van der Waals surface area contributed by atoms with E-state index in [4.69, 9.17) is 4.74 Å². The van der Waals surface area contributed by atoms with Crippen LogP contribution in [-0.2, 0) is 9.53 Å². The van der Waals surface area contributed by atoms with E-state index in [9.17, 15) is 9.90 Å². The lowest BCUT2D eigenvalue weighted by atomic mass is 9.70. The summed E-state index contributed by atoms with van der Waals surface area (Å²) in [5.41, 5.74) is 0.420. The number of rotatable bonds is 9. The molecule has 1 aromatic rings. The highest BCUT2D eigenvalue weighted by atomic mass is 19.3. The van der Waals surface area contributed by atoms with Gasteiger partial charge in [-0.2, -0.15) is 0 Å². The van der Waals surface area contributed by atoms with Crippen LogP contribution in [0.1, 0.15) is 91.3 Å². The molecule has 0 bridgehead atoms. The lowest BCUT2D eigenvalue weighted by Gasteiger charge is -2.44. The van der Waals surface area contributed by atoms with E-state index in [1.165, 1.54) is 0 Å². The Kier molecular flexibility index (Phi) is 8.52. The van der Waals surface area contributed by atoms with Crippen molar-refractivity contribution in [2.45, 2.75) is 105 Å². The van der Waals surface area contributed by atoms with Gasteiger partial charge >= 0.3 is 5.97 Å². The van der Waals surface area contributed by atoms with Crippen molar-refractivity contribution in [2.24, 2.45) is 15.8 Å². The zero-order valence-corrected chi connectivity index (χ0v) is 23.4. The van der Waals surface area contributed by atoms with Gasteiger partial charge in [-0.15, -0.1) is 0 Å². The van der Waals surface area contributed by atoms with Crippen molar-refractivity contribution >= 4 is 23.6 Å². The number of carboxylic acids is 1. The van der Waals surface area contributed by atoms with Crippen LogP contribution in [0.3, 0.4) is 0 Å². The van der Waals surface area contributed by atoms with Crippen LogP contribution in [0.15, 0.2) is 23.3 Å². The minimum absolute atomic E-state index is 0.198. The molecule has 2 atom stereocenters. The van der Waals surface area contributed by atoms with Gasteiger partial charge in [0.2, 0.25) is 0 Å². The topological polar surface area (TPSA) is 75.0 Å². The average Bonchev–Trinajstić information content (AvgIpc) is 2.80. The molecule has 1 aromatic heterocycles. The molecule has 1 fully saturated rings.